The fourth-order valence-electron chi connectivity index (χ4n) is 2.47. The van der Waals surface area contributed by atoms with Crippen LogP contribution in [0.15, 0.2) is 24.3 Å². The smallest absolute Gasteiger partial charge is 0.225 e. The molecule has 0 unspecified atom stereocenters. The molecular weight excluding hydrogens is 282 g/mol. The zero-order valence-electron chi connectivity index (χ0n) is 13.2. The number of benzene rings is 1. The summed E-state index contributed by atoms with van der Waals surface area (Å²) in [7, 11) is 1.60. The van der Waals surface area contributed by atoms with Crippen molar-refractivity contribution in [1.82, 2.24) is 9.80 Å². The molecule has 1 N–H and O–H groups in total. The molecule has 22 heavy (non-hydrogen) atoms. The fraction of sp³-hybridized carbons (Fsp3) is 0.500. The monoisotopic (exact) mass is 305 g/mol. The van der Waals surface area contributed by atoms with Crippen molar-refractivity contribution in [3.05, 3.63) is 24.3 Å². The number of ether oxygens (including phenoxy) is 1. The van der Waals surface area contributed by atoms with Gasteiger partial charge in [-0.15, -0.1) is 0 Å². The third kappa shape index (κ3) is 4.73. The molecule has 1 heterocycles. The van der Waals surface area contributed by atoms with Crippen LogP contribution in [0.3, 0.4) is 0 Å². The van der Waals surface area contributed by atoms with Crippen LogP contribution >= 0.6 is 0 Å². The predicted molar refractivity (Wildman–Crippen MR) is 84.9 cm³/mol. The second-order valence-corrected chi connectivity index (χ2v) is 5.38. The number of anilines is 1. The first-order valence-electron chi connectivity index (χ1n) is 7.50. The van der Waals surface area contributed by atoms with E-state index in [1.165, 1.54) is 0 Å². The lowest BCUT2D eigenvalue weighted by atomic mass is 10.2. The van der Waals surface area contributed by atoms with Gasteiger partial charge in [0, 0.05) is 57.8 Å². The molecule has 1 saturated heterocycles. The number of hydrogen-bond donors (Lipinski definition) is 1. The molecule has 0 saturated carbocycles. The molecule has 0 radical (unpaired) electrons. The van der Waals surface area contributed by atoms with Crippen molar-refractivity contribution in [3.63, 3.8) is 0 Å². The summed E-state index contributed by atoms with van der Waals surface area (Å²) in [5.74, 6) is 0.829. The van der Waals surface area contributed by atoms with Gasteiger partial charge in [0.15, 0.2) is 0 Å². The summed E-state index contributed by atoms with van der Waals surface area (Å²) in [6, 6.07) is 7.31. The molecule has 0 spiro atoms. The van der Waals surface area contributed by atoms with Crippen molar-refractivity contribution < 1.29 is 14.3 Å². The quantitative estimate of drug-likeness (QED) is 0.887. The summed E-state index contributed by atoms with van der Waals surface area (Å²) in [6.45, 7) is 5.44. The minimum absolute atomic E-state index is 0.0118. The summed E-state index contributed by atoms with van der Waals surface area (Å²) in [5.41, 5.74) is 0.741. The average Bonchev–Trinajstić information content (AvgIpc) is 2.53. The number of carbonyl (C=O) groups excluding carboxylic acids is 2. The average molecular weight is 305 g/mol. The van der Waals surface area contributed by atoms with Crippen molar-refractivity contribution >= 4 is 17.5 Å². The van der Waals surface area contributed by atoms with E-state index in [1.807, 2.05) is 23.1 Å². The maximum absolute atomic E-state index is 12.0. The number of nitrogens with one attached hydrogen (secondary N) is 1. The molecule has 120 valence electrons. The van der Waals surface area contributed by atoms with E-state index in [-0.39, 0.29) is 11.8 Å². The van der Waals surface area contributed by atoms with Crippen molar-refractivity contribution in [1.29, 1.82) is 0 Å². The van der Waals surface area contributed by atoms with E-state index in [4.69, 9.17) is 4.74 Å². The van der Waals surface area contributed by atoms with Crippen LogP contribution in [0.1, 0.15) is 13.3 Å². The van der Waals surface area contributed by atoms with Crippen molar-refractivity contribution in [2.24, 2.45) is 0 Å². The molecule has 1 aliphatic heterocycles. The van der Waals surface area contributed by atoms with Gasteiger partial charge in [0.2, 0.25) is 11.8 Å². The molecular formula is C16H23N3O3. The number of carbonyl (C=O) groups is 2. The van der Waals surface area contributed by atoms with Crippen LogP contribution in [0.25, 0.3) is 0 Å². The second-order valence-electron chi connectivity index (χ2n) is 5.38. The van der Waals surface area contributed by atoms with Gasteiger partial charge in [0.05, 0.1) is 7.11 Å². The van der Waals surface area contributed by atoms with Crippen LogP contribution in [0.5, 0.6) is 5.75 Å². The summed E-state index contributed by atoms with van der Waals surface area (Å²) >= 11 is 0. The maximum atomic E-state index is 12.0. The number of hydrogen-bond acceptors (Lipinski definition) is 4. The zero-order valence-corrected chi connectivity index (χ0v) is 13.2. The predicted octanol–water partition coefficient (Wildman–Crippen LogP) is 1.19. The topological polar surface area (TPSA) is 61.9 Å². The van der Waals surface area contributed by atoms with Crippen LogP contribution in [-0.4, -0.2) is 61.4 Å². The van der Waals surface area contributed by atoms with Gasteiger partial charge < -0.3 is 15.0 Å². The summed E-state index contributed by atoms with van der Waals surface area (Å²) < 4.78 is 5.13. The number of nitrogens with zero attached hydrogens (tertiary/aromatic N) is 2. The van der Waals surface area contributed by atoms with E-state index in [0.29, 0.717) is 13.0 Å². The SMILES string of the molecule is COc1cccc(NC(=O)CCN2CCN(C(C)=O)CC2)c1. The van der Waals surface area contributed by atoms with Gasteiger partial charge in [-0.05, 0) is 12.1 Å². The van der Waals surface area contributed by atoms with E-state index in [9.17, 15) is 9.59 Å². The Morgan fingerprint density at radius 1 is 1.23 bits per heavy atom. The van der Waals surface area contributed by atoms with E-state index < -0.39 is 0 Å². The first-order valence-corrected chi connectivity index (χ1v) is 7.50. The highest BCUT2D eigenvalue weighted by molar-refractivity contribution is 5.91. The molecule has 2 amide bonds. The van der Waals surface area contributed by atoms with Gasteiger partial charge >= 0.3 is 0 Å². The Labute approximate surface area is 131 Å². The van der Waals surface area contributed by atoms with Crippen LogP contribution in [0.4, 0.5) is 5.69 Å². The molecule has 6 nitrogen and oxygen atoms in total. The second kappa shape index (κ2) is 7.79. The Balaban J connectivity index is 1.73. The highest BCUT2D eigenvalue weighted by Gasteiger charge is 2.18. The molecule has 1 aliphatic rings. The Hall–Kier alpha value is -2.08. The third-order valence-electron chi connectivity index (χ3n) is 3.83. The summed E-state index contributed by atoms with van der Waals surface area (Å²) in [6.07, 6.45) is 0.442. The van der Waals surface area contributed by atoms with Gasteiger partial charge in [-0.25, -0.2) is 0 Å². The Kier molecular flexibility index (Phi) is 5.77. The van der Waals surface area contributed by atoms with Gasteiger partial charge in [-0.3, -0.25) is 14.5 Å². The Morgan fingerprint density at radius 3 is 2.59 bits per heavy atom. The summed E-state index contributed by atoms with van der Waals surface area (Å²) in [4.78, 5) is 27.3. The van der Waals surface area contributed by atoms with Gasteiger partial charge in [0.1, 0.15) is 5.75 Å². The minimum atomic E-state index is -0.0118. The van der Waals surface area contributed by atoms with E-state index in [2.05, 4.69) is 10.2 Å². The molecule has 0 aromatic heterocycles. The molecule has 6 heteroatoms. The molecule has 0 atom stereocenters. The fourth-order valence-corrected chi connectivity index (χ4v) is 2.47. The van der Waals surface area contributed by atoms with Crippen LogP contribution < -0.4 is 10.1 Å². The maximum Gasteiger partial charge on any atom is 0.225 e. The summed E-state index contributed by atoms with van der Waals surface area (Å²) in [5, 5.41) is 2.87. The molecule has 1 fully saturated rings. The van der Waals surface area contributed by atoms with Gasteiger partial charge in [0.25, 0.3) is 0 Å². The lowest BCUT2D eigenvalue weighted by Gasteiger charge is -2.34. The van der Waals surface area contributed by atoms with Gasteiger partial charge in [-0.1, -0.05) is 6.07 Å². The largest absolute Gasteiger partial charge is 0.497 e. The highest BCUT2D eigenvalue weighted by Crippen LogP contribution is 2.16. The standard InChI is InChI=1S/C16H23N3O3/c1-13(20)19-10-8-18(9-11-19)7-6-16(21)17-14-4-3-5-15(12-14)22-2/h3-5,12H,6-11H2,1-2H3,(H,17,21). The number of piperazine rings is 1. The first-order chi connectivity index (χ1) is 10.6. The molecule has 2 rings (SSSR count). The number of amides is 2. The Bertz CT molecular complexity index is 525. The molecule has 1 aromatic rings. The lowest BCUT2D eigenvalue weighted by molar-refractivity contribution is -0.130. The minimum Gasteiger partial charge on any atom is -0.497 e. The zero-order chi connectivity index (χ0) is 15.9. The normalized spacial score (nSPS) is 15.5. The van der Waals surface area contributed by atoms with Crippen molar-refractivity contribution in [2.75, 3.05) is 45.2 Å². The van der Waals surface area contributed by atoms with Gasteiger partial charge in [-0.2, -0.15) is 0 Å². The molecule has 0 aliphatic carbocycles. The first kappa shape index (κ1) is 16.3. The van der Waals surface area contributed by atoms with E-state index in [0.717, 1.165) is 37.6 Å². The Morgan fingerprint density at radius 2 is 1.95 bits per heavy atom. The molecule has 0 bridgehead atoms. The molecule has 1 aromatic carbocycles. The van der Waals surface area contributed by atoms with Crippen molar-refractivity contribution in [2.45, 2.75) is 13.3 Å². The number of rotatable bonds is 5. The van der Waals surface area contributed by atoms with Crippen molar-refractivity contribution in [3.8, 4) is 5.75 Å². The lowest BCUT2D eigenvalue weighted by Crippen LogP contribution is -2.48. The van der Waals surface area contributed by atoms with E-state index >= 15 is 0 Å². The van der Waals surface area contributed by atoms with Crippen LogP contribution in [0.2, 0.25) is 0 Å². The highest BCUT2D eigenvalue weighted by atomic mass is 16.5. The number of methoxy groups -OCH3 is 1. The van der Waals surface area contributed by atoms with Crippen LogP contribution in [-0.2, 0) is 9.59 Å². The van der Waals surface area contributed by atoms with Crippen LogP contribution in [0, 0.1) is 0 Å². The third-order valence-corrected chi connectivity index (χ3v) is 3.83. The van der Waals surface area contributed by atoms with E-state index in [1.54, 1.807) is 20.1 Å².